The molecule has 7 nitrogen and oxygen atoms in total. The van der Waals surface area contributed by atoms with Gasteiger partial charge in [0, 0.05) is 18.0 Å². The Morgan fingerprint density at radius 1 is 1.12 bits per heavy atom. The molecule has 1 N–H and O–H groups in total. The van der Waals surface area contributed by atoms with Gasteiger partial charge in [-0.3, -0.25) is 14.6 Å². The molecular formula is C26H23ClN2O5. The van der Waals surface area contributed by atoms with Crippen molar-refractivity contribution in [2.75, 3.05) is 14.2 Å². The molecular weight excluding hydrogens is 456 g/mol. The number of ether oxygens (including phenoxy) is 2. The predicted molar refractivity (Wildman–Crippen MR) is 128 cm³/mol. The number of aliphatic hydroxyl groups excluding tert-OH is 1. The highest BCUT2D eigenvalue weighted by atomic mass is 35.5. The van der Waals surface area contributed by atoms with Gasteiger partial charge < -0.3 is 19.5 Å². The highest BCUT2D eigenvalue weighted by molar-refractivity contribution is 6.46. The summed E-state index contributed by atoms with van der Waals surface area (Å²) in [6, 6.07) is 13.2. The van der Waals surface area contributed by atoms with E-state index in [1.54, 1.807) is 56.8 Å². The van der Waals surface area contributed by atoms with Gasteiger partial charge in [-0.1, -0.05) is 35.9 Å². The zero-order valence-corrected chi connectivity index (χ0v) is 19.7. The van der Waals surface area contributed by atoms with Crippen LogP contribution in [-0.2, 0) is 16.1 Å². The number of hydrogen-bond donors (Lipinski definition) is 1. The highest BCUT2D eigenvalue weighted by Crippen LogP contribution is 2.43. The quantitative estimate of drug-likeness (QED) is 0.314. The molecule has 1 atom stereocenters. The molecule has 1 fully saturated rings. The van der Waals surface area contributed by atoms with Crippen molar-refractivity contribution in [2.45, 2.75) is 19.5 Å². The molecule has 3 aromatic rings. The van der Waals surface area contributed by atoms with Gasteiger partial charge in [0.25, 0.3) is 11.7 Å². The van der Waals surface area contributed by atoms with Crippen molar-refractivity contribution in [3.8, 4) is 11.5 Å². The summed E-state index contributed by atoms with van der Waals surface area (Å²) in [5.74, 6) is -1.11. The van der Waals surface area contributed by atoms with Gasteiger partial charge in [0.15, 0.2) is 0 Å². The lowest BCUT2D eigenvalue weighted by Gasteiger charge is -2.26. The average Bonchev–Trinajstić information content (AvgIpc) is 3.09. The van der Waals surface area contributed by atoms with Gasteiger partial charge in [0.2, 0.25) is 0 Å². The third kappa shape index (κ3) is 4.10. The lowest BCUT2D eigenvalue weighted by atomic mass is 9.95. The number of para-hydroxylation sites is 1. The SMILES string of the molecule is COc1ccccc1CN1C(=O)C(=O)/C(=C(/O)c2cc(C)cc(Cl)c2OC)C1c1cccnc1. The predicted octanol–water partition coefficient (Wildman–Crippen LogP) is 4.68. The Hall–Kier alpha value is -3.84. The van der Waals surface area contributed by atoms with Gasteiger partial charge in [-0.15, -0.1) is 0 Å². The number of aryl methyl sites for hydroxylation is 1. The molecule has 174 valence electrons. The van der Waals surface area contributed by atoms with Gasteiger partial charge >= 0.3 is 0 Å². The first-order valence-electron chi connectivity index (χ1n) is 10.5. The Morgan fingerprint density at radius 2 is 1.88 bits per heavy atom. The van der Waals surface area contributed by atoms with Gasteiger partial charge in [-0.25, -0.2) is 0 Å². The topological polar surface area (TPSA) is 89.0 Å². The number of halogens is 1. The van der Waals surface area contributed by atoms with Crippen LogP contribution in [0.5, 0.6) is 11.5 Å². The Kier molecular flexibility index (Phi) is 6.56. The molecule has 2 aromatic carbocycles. The van der Waals surface area contributed by atoms with Crippen LogP contribution >= 0.6 is 11.6 Å². The van der Waals surface area contributed by atoms with E-state index in [0.29, 0.717) is 11.3 Å². The average molecular weight is 479 g/mol. The van der Waals surface area contributed by atoms with Crippen LogP contribution in [0.15, 0.2) is 66.5 Å². The number of carbonyl (C=O) groups excluding carboxylic acids is 2. The molecule has 0 bridgehead atoms. The van der Waals surface area contributed by atoms with Crippen molar-refractivity contribution in [3.05, 3.63) is 93.8 Å². The first-order chi connectivity index (χ1) is 16.4. The molecule has 4 rings (SSSR count). The fourth-order valence-electron chi connectivity index (χ4n) is 4.20. The Balaban J connectivity index is 1.92. The van der Waals surface area contributed by atoms with Crippen LogP contribution < -0.4 is 9.47 Å². The number of carbonyl (C=O) groups is 2. The zero-order chi connectivity index (χ0) is 24.4. The van der Waals surface area contributed by atoms with Crippen LogP contribution in [0.3, 0.4) is 0 Å². The molecule has 1 unspecified atom stereocenters. The zero-order valence-electron chi connectivity index (χ0n) is 18.9. The minimum atomic E-state index is -0.873. The van der Waals surface area contributed by atoms with Gasteiger partial charge in [0.05, 0.1) is 43.0 Å². The normalized spacial score (nSPS) is 17.2. The van der Waals surface area contributed by atoms with Crippen molar-refractivity contribution >= 4 is 29.1 Å². The molecule has 34 heavy (non-hydrogen) atoms. The van der Waals surface area contributed by atoms with Crippen molar-refractivity contribution in [1.29, 1.82) is 0 Å². The third-order valence-electron chi connectivity index (χ3n) is 5.72. The van der Waals surface area contributed by atoms with Crippen LogP contribution in [0.4, 0.5) is 0 Å². The number of aromatic nitrogens is 1. The maximum Gasteiger partial charge on any atom is 0.295 e. The monoisotopic (exact) mass is 478 g/mol. The van der Waals surface area contributed by atoms with E-state index in [0.717, 1.165) is 11.1 Å². The van der Waals surface area contributed by atoms with Gasteiger partial charge in [-0.05, 0) is 42.3 Å². The van der Waals surface area contributed by atoms with Gasteiger partial charge in [-0.2, -0.15) is 0 Å². The number of amides is 1. The Morgan fingerprint density at radius 3 is 2.56 bits per heavy atom. The van der Waals surface area contributed by atoms with E-state index in [4.69, 9.17) is 21.1 Å². The fraction of sp³-hybridized carbons (Fsp3) is 0.192. The number of aliphatic hydroxyl groups is 1. The second-order valence-electron chi connectivity index (χ2n) is 7.85. The molecule has 2 heterocycles. The van der Waals surface area contributed by atoms with E-state index in [1.165, 1.54) is 12.0 Å². The van der Waals surface area contributed by atoms with E-state index in [9.17, 15) is 14.7 Å². The third-order valence-corrected chi connectivity index (χ3v) is 6.00. The number of rotatable bonds is 6. The van der Waals surface area contributed by atoms with E-state index in [1.807, 2.05) is 18.2 Å². The maximum absolute atomic E-state index is 13.3. The van der Waals surface area contributed by atoms with Crippen LogP contribution in [0.2, 0.25) is 5.02 Å². The van der Waals surface area contributed by atoms with Crippen molar-refractivity contribution in [1.82, 2.24) is 9.88 Å². The molecule has 1 aliphatic heterocycles. The number of pyridine rings is 1. The fourth-order valence-corrected chi connectivity index (χ4v) is 4.55. The summed E-state index contributed by atoms with van der Waals surface area (Å²) >= 11 is 6.33. The summed E-state index contributed by atoms with van der Waals surface area (Å²) in [5.41, 5.74) is 2.23. The number of methoxy groups -OCH3 is 2. The molecule has 0 saturated carbocycles. The number of nitrogens with zero attached hydrogens (tertiary/aromatic N) is 2. The molecule has 1 amide bonds. The molecule has 1 aromatic heterocycles. The first kappa shape index (κ1) is 23.3. The number of Topliss-reactive ketones (excluding diaryl/α,β-unsaturated/α-hetero) is 1. The summed E-state index contributed by atoms with van der Waals surface area (Å²) < 4.78 is 10.8. The minimum Gasteiger partial charge on any atom is -0.507 e. The van der Waals surface area contributed by atoms with Crippen LogP contribution in [0.1, 0.15) is 28.3 Å². The highest BCUT2D eigenvalue weighted by Gasteiger charge is 2.46. The van der Waals surface area contributed by atoms with Crippen molar-refractivity contribution in [2.24, 2.45) is 0 Å². The number of ketones is 1. The van der Waals surface area contributed by atoms with Crippen molar-refractivity contribution < 1.29 is 24.2 Å². The van der Waals surface area contributed by atoms with E-state index in [-0.39, 0.29) is 34.2 Å². The van der Waals surface area contributed by atoms with Crippen LogP contribution in [-0.4, -0.2) is 40.9 Å². The largest absolute Gasteiger partial charge is 0.507 e. The Labute approximate surface area is 202 Å². The molecule has 0 spiro atoms. The molecule has 1 aliphatic rings. The summed E-state index contributed by atoms with van der Waals surface area (Å²) in [7, 11) is 2.96. The van der Waals surface area contributed by atoms with E-state index < -0.39 is 17.7 Å². The lowest BCUT2D eigenvalue weighted by molar-refractivity contribution is -0.140. The minimum absolute atomic E-state index is 0.0622. The lowest BCUT2D eigenvalue weighted by Crippen LogP contribution is -2.29. The number of hydrogen-bond acceptors (Lipinski definition) is 6. The summed E-state index contributed by atoms with van der Waals surface area (Å²) in [6.07, 6.45) is 3.17. The smallest absolute Gasteiger partial charge is 0.295 e. The summed E-state index contributed by atoms with van der Waals surface area (Å²) in [6.45, 7) is 1.90. The summed E-state index contributed by atoms with van der Waals surface area (Å²) in [4.78, 5) is 32.1. The first-order valence-corrected chi connectivity index (χ1v) is 10.9. The number of benzene rings is 2. The summed E-state index contributed by atoms with van der Waals surface area (Å²) in [5, 5.41) is 11.7. The van der Waals surface area contributed by atoms with Crippen LogP contribution in [0.25, 0.3) is 5.76 Å². The second kappa shape index (κ2) is 9.57. The molecule has 0 aliphatic carbocycles. The van der Waals surface area contributed by atoms with Gasteiger partial charge in [0.1, 0.15) is 17.3 Å². The van der Waals surface area contributed by atoms with Crippen LogP contribution in [0, 0.1) is 6.92 Å². The molecule has 8 heteroatoms. The second-order valence-corrected chi connectivity index (χ2v) is 8.26. The Bertz CT molecular complexity index is 1290. The van der Waals surface area contributed by atoms with E-state index in [2.05, 4.69) is 4.98 Å². The van der Waals surface area contributed by atoms with E-state index >= 15 is 0 Å². The number of likely N-dealkylation sites (tertiary alicyclic amines) is 1. The molecule has 0 radical (unpaired) electrons. The standard InChI is InChI=1S/C26H23ClN2O5/c1-15-11-18(25(34-3)19(27)12-15)23(30)21-22(16-8-6-10-28-13-16)29(26(32)24(21)31)14-17-7-4-5-9-20(17)33-2/h4-13,22,30H,14H2,1-3H3/b23-21+. The van der Waals surface area contributed by atoms with Crippen molar-refractivity contribution in [3.63, 3.8) is 0 Å². The maximum atomic E-state index is 13.3. The molecule has 1 saturated heterocycles.